The minimum atomic E-state index is 0.373. The molecule has 0 aromatic carbocycles. The van der Waals surface area contributed by atoms with Crippen LogP contribution in [0.1, 0.15) is 47.0 Å². The van der Waals surface area contributed by atoms with Gasteiger partial charge in [-0.3, -0.25) is 0 Å². The van der Waals surface area contributed by atoms with Crippen molar-refractivity contribution in [2.75, 3.05) is 26.4 Å². The average Bonchev–Trinajstić information content (AvgIpc) is 2.74. The monoisotopic (exact) mass is 243 g/mol. The molecule has 0 aromatic heterocycles. The molecular weight excluding hydrogens is 214 g/mol. The number of hydrogen-bond donors (Lipinski definition) is 1. The molecule has 17 heavy (non-hydrogen) atoms. The van der Waals surface area contributed by atoms with Crippen molar-refractivity contribution in [3.8, 4) is 0 Å². The first-order valence-electron chi connectivity index (χ1n) is 6.92. The van der Waals surface area contributed by atoms with Crippen LogP contribution < -0.4 is 5.32 Å². The van der Waals surface area contributed by atoms with Crippen LogP contribution in [0.2, 0.25) is 0 Å². The van der Waals surface area contributed by atoms with Crippen LogP contribution in [-0.4, -0.2) is 38.5 Å². The van der Waals surface area contributed by atoms with E-state index >= 15 is 0 Å². The Labute approximate surface area is 106 Å². The van der Waals surface area contributed by atoms with Gasteiger partial charge in [0, 0.05) is 25.8 Å². The summed E-state index contributed by atoms with van der Waals surface area (Å²) in [5.41, 5.74) is 0.373. The highest BCUT2D eigenvalue weighted by atomic mass is 16.5. The molecule has 1 N–H and O–H groups in total. The van der Waals surface area contributed by atoms with Gasteiger partial charge < -0.3 is 14.8 Å². The first-order valence-corrected chi connectivity index (χ1v) is 6.92. The lowest BCUT2D eigenvalue weighted by atomic mass is 9.93. The zero-order valence-corrected chi connectivity index (χ0v) is 11.9. The Morgan fingerprint density at radius 3 is 2.71 bits per heavy atom. The van der Waals surface area contributed by atoms with Crippen molar-refractivity contribution < 1.29 is 9.47 Å². The third kappa shape index (κ3) is 7.02. The van der Waals surface area contributed by atoms with Gasteiger partial charge >= 0.3 is 0 Å². The fraction of sp³-hybridized carbons (Fsp3) is 1.00. The molecule has 0 amide bonds. The van der Waals surface area contributed by atoms with E-state index in [0.29, 0.717) is 17.6 Å². The summed E-state index contributed by atoms with van der Waals surface area (Å²) in [5, 5.41) is 3.47. The van der Waals surface area contributed by atoms with Crippen LogP contribution in [0.3, 0.4) is 0 Å². The number of nitrogens with one attached hydrogen (secondary N) is 1. The summed E-state index contributed by atoms with van der Waals surface area (Å²) >= 11 is 0. The third-order valence-corrected chi connectivity index (χ3v) is 3.23. The molecule has 0 radical (unpaired) electrons. The van der Waals surface area contributed by atoms with Gasteiger partial charge in [0.1, 0.15) is 0 Å². The summed E-state index contributed by atoms with van der Waals surface area (Å²) in [6, 6.07) is 0.448. The molecule has 1 aliphatic heterocycles. The van der Waals surface area contributed by atoms with Crippen LogP contribution in [0, 0.1) is 5.41 Å². The zero-order chi connectivity index (χ0) is 12.7. The second-order valence-electron chi connectivity index (χ2n) is 6.22. The van der Waals surface area contributed by atoms with Gasteiger partial charge in [-0.05, 0) is 31.6 Å². The van der Waals surface area contributed by atoms with Gasteiger partial charge in [0.2, 0.25) is 0 Å². The Hall–Kier alpha value is -0.120. The van der Waals surface area contributed by atoms with Crippen molar-refractivity contribution in [1.82, 2.24) is 5.32 Å². The lowest BCUT2D eigenvalue weighted by molar-refractivity contribution is 0.0738. The Morgan fingerprint density at radius 1 is 1.35 bits per heavy atom. The van der Waals surface area contributed by atoms with Crippen LogP contribution in [0.5, 0.6) is 0 Å². The maximum atomic E-state index is 5.63. The van der Waals surface area contributed by atoms with Crippen molar-refractivity contribution in [2.24, 2.45) is 5.41 Å². The molecule has 1 rings (SSSR count). The summed E-state index contributed by atoms with van der Waals surface area (Å²) < 4.78 is 11.3. The molecule has 3 heteroatoms. The fourth-order valence-electron chi connectivity index (χ4n) is 1.97. The molecule has 3 nitrogen and oxygen atoms in total. The summed E-state index contributed by atoms with van der Waals surface area (Å²) in [6.07, 6.45) is 3.93. The van der Waals surface area contributed by atoms with Crippen molar-refractivity contribution in [1.29, 1.82) is 0 Å². The Bertz CT molecular complexity index is 195. The van der Waals surface area contributed by atoms with Crippen LogP contribution in [0.25, 0.3) is 0 Å². The number of rotatable bonds is 7. The van der Waals surface area contributed by atoms with Crippen LogP contribution in [0.4, 0.5) is 0 Å². The van der Waals surface area contributed by atoms with E-state index < -0.39 is 0 Å². The molecule has 0 bridgehead atoms. The molecule has 0 aromatic rings. The summed E-state index contributed by atoms with van der Waals surface area (Å²) in [5.74, 6) is 0. The largest absolute Gasteiger partial charge is 0.380 e. The minimum absolute atomic E-state index is 0.373. The van der Waals surface area contributed by atoms with Gasteiger partial charge in [0.05, 0.1) is 12.7 Å². The normalized spacial score (nSPS) is 22.9. The molecule has 0 aliphatic carbocycles. The fourth-order valence-corrected chi connectivity index (χ4v) is 1.97. The molecule has 1 saturated heterocycles. The molecule has 1 fully saturated rings. The molecular formula is C14H29NO2. The standard InChI is InChI=1S/C14H29NO2/c1-12(13-6-5-9-17-13)15-8-11-16-10-7-14(2,3)4/h12-13,15H,5-11H2,1-4H3. The van der Waals surface area contributed by atoms with Crippen molar-refractivity contribution in [3.63, 3.8) is 0 Å². The molecule has 2 unspecified atom stereocenters. The predicted molar refractivity (Wildman–Crippen MR) is 71.3 cm³/mol. The topological polar surface area (TPSA) is 30.5 Å². The van der Waals surface area contributed by atoms with E-state index in [4.69, 9.17) is 9.47 Å². The van der Waals surface area contributed by atoms with E-state index in [9.17, 15) is 0 Å². The van der Waals surface area contributed by atoms with Crippen molar-refractivity contribution in [2.45, 2.75) is 59.1 Å². The summed E-state index contributed by atoms with van der Waals surface area (Å²) in [7, 11) is 0. The Kier molecular flexibility index (Phi) is 6.45. The molecule has 0 spiro atoms. The highest BCUT2D eigenvalue weighted by Gasteiger charge is 2.21. The second kappa shape index (κ2) is 7.34. The molecule has 102 valence electrons. The van der Waals surface area contributed by atoms with E-state index in [1.807, 2.05) is 0 Å². The van der Waals surface area contributed by atoms with Crippen LogP contribution in [0.15, 0.2) is 0 Å². The summed E-state index contributed by atoms with van der Waals surface area (Å²) in [6.45, 7) is 12.4. The molecule has 1 heterocycles. The predicted octanol–water partition coefficient (Wildman–Crippen LogP) is 2.60. The van der Waals surface area contributed by atoms with Gasteiger partial charge in [-0.2, -0.15) is 0 Å². The zero-order valence-electron chi connectivity index (χ0n) is 11.9. The van der Waals surface area contributed by atoms with E-state index in [-0.39, 0.29) is 0 Å². The number of hydrogen-bond acceptors (Lipinski definition) is 3. The first kappa shape index (κ1) is 14.9. The first-order chi connectivity index (χ1) is 7.99. The van der Waals surface area contributed by atoms with Gasteiger partial charge in [-0.15, -0.1) is 0 Å². The lowest BCUT2D eigenvalue weighted by Gasteiger charge is -2.20. The molecule has 0 saturated carbocycles. The van der Waals surface area contributed by atoms with Crippen molar-refractivity contribution in [3.05, 3.63) is 0 Å². The molecule has 1 aliphatic rings. The van der Waals surface area contributed by atoms with Gasteiger partial charge in [-0.1, -0.05) is 20.8 Å². The Morgan fingerprint density at radius 2 is 2.12 bits per heavy atom. The smallest absolute Gasteiger partial charge is 0.0726 e. The Balaban J connectivity index is 1.93. The maximum absolute atomic E-state index is 5.63. The van der Waals surface area contributed by atoms with Crippen LogP contribution in [-0.2, 0) is 9.47 Å². The van der Waals surface area contributed by atoms with E-state index in [1.54, 1.807) is 0 Å². The van der Waals surface area contributed by atoms with Crippen LogP contribution >= 0.6 is 0 Å². The maximum Gasteiger partial charge on any atom is 0.0726 e. The van der Waals surface area contributed by atoms with Gasteiger partial charge in [0.15, 0.2) is 0 Å². The van der Waals surface area contributed by atoms with Gasteiger partial charge in [0.25, 0.3) is 0 Å². The quantitative estimate of drug-likeness (QED) is 0.697. The van der Waals surface area contributed by atoms with Crippen molar-refractivity contribution >= 4 is 0 Å². The number of ether oxygens (including phenoxy) is 2. The van der Waals surface area contributed by atoms with E-state index in [2.05, 4.69) is 33.0 Å². The van der Waals surface area contributed by atoms with Gasteiger partial charge in [-0.25, -0.2) is 0 Å². The summed E-state index contributed by atoms with van der Waals surface area (Å²) in [4.78, 5) is 0. The lowest BCUT2D eigenvalue weighted by Crippen LogP contribution is -2.38. The minimum Gasteiger partial charge on any atom is -0.380 e. The SMILES string of the molecule is CC(NCCOCCC(C)(C)C)C1CCCO1. The molecule has 2 atom stereocenters. The average molecular weight is 243 g/mol. The highest BCUT2D eigenvalue weighted by molar-refractivity contribution is 4.76. The highest BCUT2D eigenvalue weighted by Crippen LogP contribution is 2.18. The second-order valence-corrected chi connectivity index (χ2v) is 6.22. The van der Waals surface area contributed by atoms with E-state index in [0.717, 1.165) is 32.8 Å². The third-order valence-electron chi connectivity index (χ3n) is 3.23. The van der Waals surface area contributed by atoms with E-state index in [1.165, 1.54) is 12.8 Å².